The van der Waals surface area contributed by atoms with Gasteiger partial charge in [-0.25, -0.2) is 13.2 Å². The van der Waals surface area contributed by atoms with Crippen LogP contribution in [0.2, 0.25) is 0 Å². The molecule has 10 nitrogen and oxygen atoms in total. The number of oxazole rings is 1. The summed E-state index contributed by atoms with van der Waals surface area (Å²) in [6.45, 7) is -0.0714. The summed E-state index contributed by atoms with van der Waals surface area (Å²) in [6.07, 6.45) is -0.488. The Hall–Kier alpha value is -3.31. The van der Waals surface area contributed by atoms with Crippen molar-refractivity contribution in [1.82, 2.24) is 8.87 Å². The molecular formula is C20H20N2O8S. The van der Waals surface area contributed by atoms with Crippen molar-refractivity contribution in [2.75, 3.05) is 27.3 Å². The Morgan fingerprint density at radius 2 is 1.97 bits per heavy atom. The number of esters is 1. The number of hydrogen-bond acceptors (Lipinski definition) is 8. The molecule has 1 atom stereocenters. The fourth-order valence-electron chi connectivity index (χ4n) is 3.27. The van der Waals surface area contributed by atoms with Crippen LogP contribution in [0.4, 0.5) is 0 Å². The fraction of sp³-hybridized carbons (Fsp3) is 0.300. The highest BCUT2D eigenvalue weighted by atomic mass is 32.2. The lowest BCUT2D eigenvalue weighted by molar-refractivity contribution is -0.141. The van der Waals surface area contributed by atoms with E-state index in [1.807, 2.05) is 6.07 Å². The molecular weight excluding hydrogens is 428 g/mol. The smallest absolute Gasteiger partial charge is 0.420 e. The Morgan fingerprint density at radius 1 is 1.23 bits per heavy atom. The number of sulfonamides is 1. The SMILES string of the molecule is COC(=O)Cn1c(=O)oc2cc(S(=O)(=O)N(C)C[C@@H]3COc4ccccc4O3)ccc21. The lowest BCUT2D eigenvalue weighted by Gasteiger charge is -2.29. The monoisotopic (exact) mass is 448 g/mol. The van der Waals surface area contributed by atoms with Crippen LogP contribution in [-0.2, 0) is 26.1 Å². The number of para-hydroxylation sites is 2. The van der Waals surface area contributed by atoms with E-state index in [1.54, 1.807) is 18.2 Å². The van der Waals surface area contributed by atoms with Gasteiger partial charge in [-0.2, -0.15) is 4.31 Å². The summed E-state index contributed by atoms with van der Waals surface area (Å²) in [5.41, 5.74) is 0.340. The van der Waals surface area contributed by atoms with Crippen molar-refractivity contribution in [1.29, 1.82) is 0 Å². The number of ether oxygens (including phenoxy) is 3. The van der Waals surface area contributed by atoms with E-state index in [9.17, 15) is 18.0 Å². The Bertz CT molecular complexity index is 1290. The van der Waals surface area contributed by atoms with Crippen LogP contribution in [0, 0.1) is 0 Å². The zero-order chi connectivity index (χ0) is 22.2. The highest BCUT2D eigenvalue weighted by Gasteiger charge is 2.29. The van der Waals surface area contributed by atoms with Crippen LogP contribution in [0.3, 0.4) is 0 Å². The van der Waals surface area contributed by atoms with Gasteiger partial charge in [0.15, 0.2) is 17.1 Å². The molecule has 3 aromatic rings. The van der Waals surface area contributed by atoms with Gasteiger partial charge >= 0.3 is 11.7 Å². The van der Waals surface area contributed by atoms with Gasteiger partial charge in [0.05, 0.1) is 24.1 Å². The maximum atomic E-state index is 13.0. The molecule has 31 heavy (non-hydrogen) atoms. The quantitative estimate of drug-likeness (QED) is 0.517. The van der Waals surface area contributed by atoms with Gasteiger partial charge in [0, 0.05) is 13.1 Å². The number of rotatable bonds is 6. The van der Waals surface area contributed by atoms with Gasteiger partial charge in [0.2, 0.25) is 10.0 Å². The largest absolute Gasteiger partial charge is 0.486 e. The van der Waals surface area contributed by atoms with Crippen LogP contribution in [0.15, 0.2) is 56.6 Å². The summed E-state index contributed by atoms with van der Waals surface area (Å²) in [7, 11) is -1.27. The Labute approximate surface area is 177 Å². The first-order valence-corrected chi connectivity index (χ1v) is 10.8. The van der Waals surface area contributed by atoms with Gasteiger partial charge in [-0.15, -0.1) is 0 Å². The molecule has 0 saturated heterocycles. The molecule has 2 aromatic carbocycles. The lowest BCUT2D eigenvalue weighted by atomic mass is 10.2. The minimum atomic E-state index is -3.90. The van der Waals surface area contributed by atoms with Gasteiger partial charge in [-0.3, -0.25) is 9.36 Å². The fourth-order valence-corrected chi connectivity index (χ4v) is 4.49. The second-order valence-corrected chi connectivity index (χ2v) is 8.99. The summed E-state index contributed by atoms with van der Waals surface area (Å²) < 4.78 is 49.5. The molecule has 0 radical (unpaired) electrons. The number of carbonyl (C=O) groups is 1. The predicted molar refractivity (Wildman–Crippen MR) is 109 cm³/mol. The highest BCUT2D eigenvalue weighted by Crippen LogP contribution is 2.31. The average Bonchev–Trinajstić information content (AvgIpc) is 3.07. The number of benzene rings is 2. The third-order valence-electron chi connectivity index (χ3n) is 4.89. The third-order valence-corrected chi connectivity index (χ3v) is 6.71. The maximum Gasteiger partial charge on any atom is 0.420 e. The molecule has 1 aromatic heterocycles. The van der Waals surface area contributed by atoms with E-state index in [2.05, 4.69) is 4.74 Å². The van der Waals surface area contributed by atoms with Crippen molar-refractivity contribution in [3.63, 3.8) is 0 Å². The number of likely N-dealkylation sites (N-methyl/N-ethyl adjacent to an activating group) is 1. The summed E-state index contributed by atoms with van der Waals surface area (Å²) in [6, 6.07) is 11.2. The Morgan fingerprint density at radius 3 is 2.71 bits per heavy atom. The second-order valence-electron chi connectivity index (χ2n) is 6.94. The summed E-state index contributed by atoms with van der Waals surface area (Å²) in [5.74, 6) is -0.242. The van der Waals surface area contributed by atoms with Crippen LogP contribution < -0.4 is 15.2 Å². The van der Waals surface area contributed by atoms with Crippen LogP contribution in [0.25, 0.3) is 11.1 Å². The molecule has 0 amide bonds. The molecule has 2 heterocycles. The molecule has 4 rings (SSSR count). The molecule has 0 saturated carbocycles. The third kappa shape index (κ3) is 4.01. The van der Waals surface area contributed by atoms with E-state index in [4.69, 9.17) is 13.9 Å². The molecule has 0 unspecified atom stereocenters. The summed E-state index contributed by atoms with van der Waals surface area (Å²) in [4.78, 5) is 23.5. The lowest BCUT2D eigenvalue weighted by Crippen LogP contribution is -2.41. The standard InChI is InChI=1S/C20H20N2O8S/c1-21(10-13-12-28-16-5-3-4-6-17(16)29-13)31(25,26)14-7-8-15-18(9-14)30-20(24)22(15)11-19(23)27-2/h3-9,13H,10-12H2,1-2H3/t13-/m1/s1. The summed E-state index contributed by atoms with van der Waals surface area (Å²) >= 11 is 0. The first-order chi connectivity index (χ1) is 14.8. The average molecular weight is 448 g/mol. The maximum absolute atomic E-state index is 13.0. The van der Waals surface area contributed by atoms with Crippen molar-refractivity contribution < 1.29 is 31.8 Å². The first kappa shape index (κ1) is 20.9. The van der Waals surface area contributed by atoms with E-state index in [1.165, 1.54) is 32.4 Å². The second kappa shape index (κ2) is 8.08. The van der Waals surface area contributed by atoms with E-state index < -0.39 is 27.9 Å². The number of methoxy groups -OCH3 is 1. The van der Waals surface area contributed by atoms with Crippen LogP contribution in [-0.4, -0.2) is 56.7 Å². The highest BCUT2D eigenvalue weighted by molar-refractivity contribution is 7.89. The van der Waals surface area contributed by atoms with Gasteiger partial charge < -0.3 is 18.6 Å². The van der Waals surface area contributed by atoms with Crippen LogP contribution in [0.5, 0.6) is 11.5 Å². The molecule has 0 N–H and O–H groups in total. The molecule has 0 spiro atoms. The van der Waals surface area contributed by atoms with E-state index in [0.717, 1.165) is 8.87 Å². The molecule has 1 aliphatic heterocycles. The number of carbonyl (C=O) groups excluding carboxylic acids is 1. The van der Waals surface area contributed by atoms with E-state index >= 15 is 0 Å². The first-order valence-electron chi connectivity index (χ1n) is 9.34. The molecule has 11 heteroatoms. The van der Waals surface area contributed by atoms with Crippen LogP contribution >= 0.6 is 0 Å². The van der Waals surface area contributed by atoms with Gasteiger partial charge in [-0.05, 0) is 24.3 Å². The molecule has 164 valence electrons. The zero-order valence-electron chi connectivity index (χ0n) is 16.8. The normalized spacial score (nSPS) is 15.9. The van der Waals surface area contributed by atoms with E-state index in [0.29, 0.717) is 11.5 Å². The van der Waals surface area contributed by atoms with Crippen molar-refractivity contribution in [3.8, 4) is 11.5 Å². The molecule has 0 fully saturated rings. The minimum absolute atomic E-state index is 0.0505. The molecule has 0 aliphatic carbocycles. The summed E-state index contributed by atoms with van der Waals surface area (Å²) in [5, 5.41) is 0. The van der Waals surface area contributed by atoms with Crippen molar-refractivity contribution >= 4 is 27.1 Å². The van der Waals surface area contributed by atoms with Crippen LogP contribution in [0.1, 0.15) is 0 Å². The minimum Gasteiger partial charge on any atom is -0.486 e. The van der Waals surface area contributed by atoms with Crippen molar-refractivity contribution in [2.24, 2.45) is 0 Å². The molecule has 1 aliphatic rings. The Kier molecular flexibility index (Phi) is 5.46. The zero-order valence-corrected chi connectivity index (χ0v) is 17.6. The van der Waals surface area contributed by atoms with Gasteiger partial charge in [-0.1, -0.05) is 12.1 Å². The number of nitrogens with zero attached hydrogens (tertiary/aromatic N) is 2. The van der Waals surface area contributed by atoms with Gasteiger partial charge in [0.25, 0.3) is 0 Å². The number of hydrogen-bond donors (Lipinski definition) is 0. The topological polar surface area (TPSA) is 117 Å². The Balaban J connectivity index is 1.55. The van der Waals surface area contributed by atoms with E-state index in [-0.39, 0.29) is 35.7 Å². The number of aromatic nitrogens is 1. The predicted octanol–water partition coefficient (Wildman–Crippen LogP) is 1.23. The molecule has 0 bridgehead atoms. The van der Waals surface area contributed by atoms with Gasteiger partial charge in [0.1, 0.15) is 19.3 Å². The van der Waals surface area contributed by atoms with Crippen molar-refractivity contribution in [3.05, 3.63) is 53.0 Å². The van der Waals surface area contributed by atoms with Crippen molar-refractivity contribution in [2.45, 2.75) is 17.5 Å². The number of fused-ring (bicyclic) bond motifs is 2.